The maximum Gasteiger partial charge on any atom is 0.198 e. The molecule has 23 heavy (non-hydrogen) atoms. The Labute approximate surface area is 159 Å². The van der Waals surface area contributed by atoms with Crippen LogP contribution in [0, 0.1) is 0 Å². The summed E-state index contributed by atoms with van der Waals surface area (Å²) in [7, 11) is 1.84. The number of benzene rings is 1. The van der Waals surface area contributed by atoms with E-state index in [0.29, 0.717) is 12.5 Å². The summed E-state index contributed by atoms with van der Waals surface area (Å²) in [5.41, 5.74) is 3.74. The summed E-state index contributed by atoms with van der Waals surface area (Å²) in [4.78, 5) is 11.4. The standard InChI is InChI=1S/C17H22N4S.HI/c1-12(2)16-20-14(11-22-16)10-19-17(18-3)21-9-8-13-6-4-5-7-15(13)21;/h4-7,11-12H,8-10H2,1-3H3,(H,18,19);1H. The van der Waals surface area contributed by atoms with Crippen molar-refractivity contribution in [1.82, 2.24) is 10.3 Å². The van der Waals surface area contributed by atoms with Crippen molar-refractivity contribution in [2.45, 2.75) is 32.7 Å². The van der Waals surface area contributed by atoms with Gasteiger partial charge in [0.1, 0.15) is 0 Å². The van der Waals surface area contributed by atoms with Crippen LogP contribution in [0.2, 0.25) is 0 Å². The number of fused-ring (bicyclic) bond motifs is 1. The van der Waals surface area contributed by atoms with Gasteiger partial charge in [0, 0.05) is 30.6 Å². The highest BCUT2D eigenvalue weighted by Gasteiger charge is 2.22. The molecular weight excluding hydrogens is 419 g/mol. The van der Waals surface area contributed by atoms with Gasteiger partial charge in [-0.05, 0) is 18.1 Å². The van der Waals surface area contributed by atoms with Gasteiger partial charge in [0.25, 0.3) is 0 Å². The lowest BCUT2D eigenvalue weighted by Gasteiger charge is -2.22. The molecule has 124 valence electrons. The Morgan fingerprint density at radius 3 is 2.87 bits per heavy atom. The fraction of sp³-hybridized carbons (Fsp3) is 0.412. The summed E-state index contributed by atoms with van der Waals surface area (Å²) in [5, 5.41) is 6.77. The van der Waals surface area contributed by atoms with Gasteiger partial charge >= 0.3 is 0 Å². The first-order valence-corrected chi connectivity index (χ1v) is 8.57. The molecule has 0 saturated heterocycles. The Hall–Kier alpha value is -1.15. The molecule has 0 fully saturated rings. The predicted octanol–water partition coefficient (Wildman–Crippen LogP) is 4.02. The topological polar surface area (TPSA) is 40.5 Å². The van der Waals surface area contributed by atoms with Crippen LogP contribution in [0.5, 0.6) is 0 Å². The molecule has 3 rings (SSSR count). The minimum atomic E-state index is 0. The van der Waals surface area contributed by atoms with Gasteiger partial charge in [-0.15, -0.1) is 35.3 Å². The molecule has 0 radical (unpaired) electrons. The monoisotopic (exact) mass is 442 g/mol. The van der Waals surface area contributed by atoms with E-state index in [1.165, 1.54) is 16.3 Å². The first kappa shape index (κ1) is 18.2. The van der Waals surface area contributed by atoms with Crippen molar-refractivity contribution >= 4 is 47.0 Å². The Bertz CT molecular complexity index is 681. The van der Waals surface area contributed by atoms with Crippen LogP contribution < -0.4 is 10.2 Å². The summed E-state index contributed by atoms with van der Waals surface area (Å²) in [6, 6.07) is 8.54. The molecule has 0 amide bonds. The third-order valence-corrected chi connectivity index (χ3v) is 5.04. The molecule has 2 heterocycles. The fourth-order valence-corrected chi connectivity index (χ4v) is 3.53. The van der Waals surface area contributed by atoms with Crippen molar-refractivity contribution in [3.8, 4) is 0 Å². The maximum absolute atomic E-state index is 4.67. The summed E-state index contributed by atoms with van der Waals surface area (Å²) in [5.74, 6) is 1.41. The number of thiazole rings is 1. The van der Waals surface area contributed by atoms with Crippen LogP contribution in [0.4, 0.5) is 5.69 Å². The lowest BCUT2D eigenvalue weighted by Crippen LogP contribution is -2.40. The van der Waals surface area contributed by atoms with E-state index < -0.39 is 0 Å². The first-order chi connectivity index (χ1) is 10.7. The summed E-state index contributed by atoms with van der Waals surface area (Å²) >= 11 is 1.73. The zero-order chi connectivity index (χ0) is 15.5. The van der Waals surface area contributed by atoms with E-state index >= 15 is 0 Å². The van der Waals surface area contributed by atoms with Crippen molar-refractivity contribution < 1.29 is 0 Å². The average Bonchev–Trinajstić information content (AvgIpc) is 3.15. The lowest BCUT2D eigenvalue weighted by molar-refractivity contribution is 0.808. The molecule has 0 bridgehead atoms. The van der Waals surface area contributed by atoms with Crippen LogP contribution in [-0.4, -0.2) is 24.5 Å². The van der Waals surface area contributed by atoms with Crippen LogP contribution in [0.1, 0.15) is 36.0 Å². The van der Waals surface area contributed by atoms with Crippen molar-refractivity contribution in [2.75, 3.05) is 18.5 Å². The summed E-state index contributed by atoms with van der Waals surface area (Å²) in [6.07, 6.45) is 1.07. The molecule has 1 N–H and O–H groups in total. The molecule has 0 spiro atoms. The molecule has 0 unspecified atom stereocenters. The minimum absolute atomic E-state index is 0. The number of para-hydroxylation sites is 1. The van der Waals surface area contributed by atoms with Crippen LogP contribution in [0.25, 0.3) is 0 Å². The van der Waals surface area contributed by atoms with Crippen LogP contribution in [0.3, 0.4) is 0 Å². The SMILES string of the molecule is CN=C(NCc1csc(C(C)C)n1)N1CCc2ccccc21.I. The number of aliphatic imine (C=N–C) groups is 1. The second-order valence-electron chi connectivity index (χ2n) is 5.76. The number of rotatable bonds is 3. The largest absolute Gasteiger partial charge is 0.350 e. The Morgan fingerprint density at radius 1 is 1.39 bits per heavy atom. The predicted molar refractivity (Wildman–Crippen MR) is 109 cm³/mol. The minimum Gasteiger partial charge on any atom is -0.350 e. The van der Waals surface area contributed by atoms with Gasteiger partial charge < -0.3 is 10.2 Å². The van der Waals surface area contributed by atoms with E-state index in [1.807, 2.05) is 7.05 Å². The number of hydrogen-bond acceptors (Lipinski definition) is 3. The number of anilines is 1. The molecule has 1 aliphatic rings. The van der Waals surface area contributed by atoms with Crippen molar-refractivity contribution in [1.29, 1.82) is 0 Å². The fourth-order valence-electron chi connectivity index (χ4n) is 2.69. The Balaban J connectivity index is 0.00000192. The van der Waals surface area contributed by atoms with E-state index in [9.17, 15) is 0 Å². The molecule has 6 heteroatoms. The number of nitrogens with zero attached hydrogens (tertiary/aromatic N) is 3. The van der Waals surface area contributed by atoms with Crippen LogP contribution in [0.15, 0.2) is 34.6 Å². The zero-order valence-corrected chi connectivity index (χ0v) is 16.9. The van der Waals surface area contributed by atoms with Gasteiger partial charge in [-0.1, -0.05) is 32.0 Å². The lowest BCUT2D eigenvalue weighted by atomic mass is 10.2. The molecule has 1 aliphatic heterocycles. The Morgan fingerprint density at radius 2 is 2.17 bits per heavy atom. The first-order valence-electron chi connectivity index (χ1n) is 7.69. The normalized spacial score (nSPS) is 13.9. The van der Waals surface area contributed by atoms with Gasteiger partial charge in [0.15, 0.2) is 5.96 Å². The molecule has 1 aromatic carbocycles. The van der Waals surface area contributed by atoms with Gasteiger partial charge in [-0.2, -0.15) is 0 Å². The van der Waals surface area contributed by atoms with Crippen LogP contribution >= 0.6 is 35.3 Å². The molecule has 0 saturated carbocycles. The van der Waals surface area contributed by atoms with E-state index in [2.05, 4.69) is 63.7 Å². The highest BCUT2D eigenvalue weighted by molar-refractivity contribution is 14.0. The average molecular weight is 442 g/mol. The molecule has 2 aromatic rings. The van der Waals surface area contributed by atoms with Crippen LogP contribution in [-0.2, 0) is 13.0 Å². The number of aromatic nitrogens is 1. The molecule has 0 atom stereocenters. The molecule has 1 aromatic heterocycles. The zero-order valence-electron chi connectivity index (χ0n) is 13.7. The molecule has 0 aliphatic carbocycles. The maximum atomic E-state index is 4.67. The van der Waals surface area contributed by atoms with Crippen molar-refractivity contribution in [2.24, 2.45) is 4.99 Å². The van der Waals surface area contributed by atoms with Gasteiger partial charge in [0.2, 0.25) is 0 Å². The number of halogens is 1. The van der Waals surface area contributed by atoms with E-state index in [0.717, 1.165) is 24.6 Å². The second-order valence-corrected chi connectivity index (χ2v) is 6.65. The molecular formula is C17H23IN4S. The van der Waals surface area contributed by atoms with Crippen molar-refractivity contribution in [3.63, 3.8) is 0 Å². The van der Waals surface area contributed by atoms with Gasteiger partial charge in [-0.25, -0.2) is 4.98 Å². The highest BCUT2D eigenvalue weighted by Crippen LogP contribution is 2.27. The number of hydrogen-bond donors (Lipinski definition) is 1. The molecule has 4 nitrogen and oxygen atoms in total. The van der Waals surface area contributed by atoms with Gasteiger partial charge in [0.05, 0.1) is 17.2 Å². The van der Waals surface area contributed by atoms with E-state index in [1.54, 1.807) is 11.3 Å². The third-order valence-electron chi connectivity index (χ3n) is 3.85. The van der Waals surface area contributed by atoms with Crippen molar-refractivity contribution in [3.05, 3.63) is 45.9 Å². The Kier molecular flexibility index (Phi) is 6.41. The van der Waals surface area contributed by atoms with Gasteiger partial charge in [-0.3, -0.25) is 4.99 Å². The summed E-state index contributed by atoms with van der Waals surface area (Å²) in [6.45, 7) is 6.05. The summed E-state index contributed by atoms with van der Waals surface area (Å²) < 4.78 is 0. The smallest absolute Gasteiger partial charge is 0.198 e. The van der Waals surface area contributed by atoms with E-state index in [-0.39, 0.29) is 24.0 Å². The quantitative estimate of drug-likeness (QED) is 0.444. The number of nitrogens with one attached hydrogen (secondary N) is 1. The third kappa shape index (κ3) is 4.03. The highest BCUT2D eigenvalue weighted by atomic mass is 127. The second kappa shape index (κ2) is 8.10. The number of guanidine groups is 1. The van der Waals surface area contributed by atoms with E-state index in [4.69, 9.17) is 0 Å².